The Balaban J connectivity index is 2.31. The molecule has 0 aliphatic rings. The highest BCUT2D eigenvalue weighted by atomic mass is 32.2. The number of carboxylic acid groups (broad SMARTS) is 1. The maximum Gasteiger partial charge on any atom is 0.337 e. The number of nitrogens with two attached hydrogens (primary N) is 1. The first-order valence-electron chi connectivity index (χ1n) is 5.54. The van der Waals surface area contributed by atoms with Crippen LogP contribution in [0.2, 0.25) is 0 Å². The summed E-state index contributed by atoms with van der Waals surface area (Å²) in [6.45, 7) is 0.280. The average molecular weight is 296 g/mol. The summed E-state index contributed by atoms with van der Waals surface area (Å²) in [6, 6.07) is 7.05. The van der Waals surface area contributed by atoms with E-state index in [1.165, 1.54) is 18.4 Å². The van der Waals surface area contributed by atoms with Gasteiger partial charge in [-0.05, 0) is 30.3 Å². The fourth-order valence-corrected chi connectivity index (χ4v) is 2.17. The van der Waals surface area contributed by atoms with Gasteiger partial charge >= 0.3 is 5.97 Å². The third-order valence-corrected chi connectivity index (χ3v) is 3.49. The summed E-state index contributed by atoms with van der Waals surface area (Å²) in [5, 5.41) is 17.0. The van der Waals surface area contributed by atoms with Gasteiger partial charge in [0.05, 0.1) is 23.3 Å². The van der Waals surface area contributed by atoms with Crippen LogP contribution in [-0.4, -0.2) is 19.5 Å². The molecule has 0 aliphatic heterocycles. The van der Waals surface area contributed by atoms with Gasteiger partial charge in [-0.15, -0.1) is 0 Å². The van der Waals surface area contributed by atoms with Crippen molar-refractivity contribution in [1.82, 2.24) is 0 Å². The van der Waals surface area contributed by atoms with Crippen molar-refractivity contribution < 1.29 is 22.7 Å². The van der Waals surface area contributed by atoms with E-state index in [9.17, 15) is 13.2 Å². The highest BCUT2D eigenvalue weighted by Crippen LogP contribution is 2.20. The number of carbonyl (C=O) groups is 1. The Labute approximate surface area is 115 Å². The molecule has 1 heterocycles. The second-order valence-corrected chi connectivity index (χ2v) is 5.55. The molecule has 0 saturated carbocycles. The van der Waals surface area contributed by atoms with Gasteiger partial charge in [0, 0.05) is 5.69 Å². The van der Waals surface area contributed by atoms with Crippen molar-refractivity contribution in [2.24, 2.45) is 5.14 Å². The monoisotopic (exact) mass is 296 g/mol. The van der Waals surface area contributed by atoms with Crippen molar-refractivity contribution in [1.29, 1.82) is 0 Å². The van der Waals surface area contributed by atoms with Crippen LogP contribution in [0, 0.1) is 0 Å². The number of carboxylic acids is 1. The zero-order valence-electron chi connectivity index (χ0n) is 10.2. The van der Waals surface area contributed by atoms with Crippen molar-refractivity contribution in [3.05, 3.63) is 47.9 Å². The zero-order valence-corrected chi connectivity index (χ0v) is 11.1. The molecule has 0 spiro atoms. The molecular weight excluding hydrogens is 284 g/mol. The lowest BCUT2D eigenvalue weighted by Gasteiger charge is -2.09. The van der Waals surface area contributed by atoms with Crippen molar-refractivity contribution in [2.45, 2.75) is 11.4 Å². The number of nitrogens with one attached hydrogen (secondary N) is 1. The predicted molar refractivity (Wildman–Crippen MR) is 70.8 cm³/mol. The Hall–Kier alpha value is -2.32. The van der Waals surface area contributed by atoms with Crippen molar-refractivity contribution in [3.8, 4) is 0 Å². The molecule has 4 N–H and O–H groups in total. The molecule has 106 valence electrons. The minimum absolute atomic E-state index is 0.178. The van der Waals surface area contributed by atoms with Crippen LogP contribution in [0.15, 0.2) is 45.9 Å². The number of benzene rings is 1. The fourth-order valence-electron chi connectivity index (χ4n) is 1.63. The molecule has 0 saturated heterocycles. The van der Waals surface area contributed by atoms with Crippen LogP contribution in [0.4, 0.5) is 5.69 Å². The largest absolute Gasteiger partial charge is 0.478 e. The normalized spacial score (nSPS) is 11.2. The summed E-state index contributed by atoms with van der Waals surface area (Å²) in [5.74, 6) is -0.630. The minimum atomic E-state index is -3.94. The van der Waals surface area contributed by atoms with Crippen molar-refractivity contribution in [3.63, 3.8) is 0 Å². The molecule has 1 aromatic heterocycles. The minimum Gasteiger partial charge on any atom is -0.478 e. The molecule has 0 amide bonds. The Bertz CT molecular complexity index is 722. The highest BCUT2D eigenvalue weighted by molar-refractivity contribution is 7.89. The first-order valence-corrected chi connectivity index (χ1v) is 7.09. The van der Waals surface area contributed by atoms with Crippen LogP contribution in [0.25, 0.3) is 0 Å². The lowest BCUT2D eigenvalue weighted by Crippen LogP contribution is -2.14. The number of sulfonamides is 1. The lowest BCUT2D eigenvalue weighted by atomic mass is 10.2. The second-order valence-electron chi connectivity index (χ2n) is 3.99. The molecule has 20 heavy (non-hydrogen) atoms. The van der Waals surface area contributed by atoms with Crippen LogP contribution in [-0.2, 0) is 16.6 Å². The fraction of sp³-hybridized carbons (Fsp3) is 0.0833. The molecule has 2 rings (SSSR count). The molecule has 0 unspecified atom stereocenters. The molecule has 0 fully saturated rings. The van der Waals surface area contributed by atoms with E-state index < -0.39 is 16.0 Å². The van der Waals surface area contributed by atoms with E-state index >= 15 is 0 Å². The van der Waals surface area contributed by atoms with Gasteiger partial charge in [0.15, 0.2) is 0 Å². The van der Waals surface area contributed by atoms with E-state index in [0.29, 0.717) is 5.76 Å². The van der Waals surface area contributed by atoms with Crippen LogP contribution in [0.1, 0.15) is 16.1 Å². The molecule has 0 radical (unpaired) electrons. The predicted octanol–water partition coefficient (Wildman–Crippen LogP) is 1.24. The second kappa shape index (κ2) is 5.35. The summed E-state index contributed by atoms with van der Waals surface area (Å²) >= 11 is 0. The van der Waals surface area contributed by atoms with E-state index in [4.69, 9.17) is 14.7 Å². The quantitative estimate of drug-likeness (QED) is 0.762. The SMILES string of the molecule is NS(=O)(=O)c1ccc(NCc2ccco2)c(C(=O)O)c1. The Morgan fingerprint density at radius 1 is 1.35 bits per heavy atom. The van der Waals surface area contributed by atoms with E-state index in [1.807, 2.05) is 0 Å². The van der Waals surface area contributed by atoms with Crippen LogP contribution < -0.4 is 10.5 Å². The number of hydrogen-bond acceptors (Lipinski definition) is 5. The maximum atomic E-state index is 11.2. The molecule has 0 atom stereocenters. The number of furan rings is 1. The maximum absolute atomic E-state index is 11.2. The van der Waals surface area contributed by atoms with Crippen molar-refractivity contribution >= 4 is 21.7 Å². The molecule has 8 heteroatoms. The van der Waals surface area contributed by atoms with Gasteiger partial charge < -0.3 is 14.8 Å². The summed E-state index contributed by atoms with van der Waals surface area (Å²) in [6.07, 6.45) is 1.50. The molecule has 2 aromatic rings. The molecule has 0 bridgehead atoms. The first kappa shape index (κ1) is 14.1. The summed E-state index contributed by atoms with van der Waals surface area (Å²) < 4.78 is 27.5. The number of anilines is 1. The van der Waals surface area contributed by atoms with Gasteiger partial charge in [0.25, 0.3) is 0 Å². The molecule has 1 aromatic carbocycles. The van der Waals surface area contributed by atoms with E-state index in [2.05, 4.69) is 5.32 Å². The summed E-state index contributed by atoms with van der Waals surface area (Å²) in [7, 11) is -3.94. The molecular formula is C12H12N2O5S. The number of rotatable bonds is 5. The Kier molecular flexibility index (Phi) is 3.77. The van der Waals surface area contributed by atoms with Gasteiger partial charge in [-0.3, -0.25) is 0 Å². The first-order chi connectivity index (χ1) is 9.38. The number of hydrogen-bond donors (Lipinski definition) is 3. The smallest absolute Gasteiger partial charge is 0.337 e. The van der Waals surface area contributed by atoms with Gasteiger partial charge in [0.2, 0.25) is 10.0 Å². The summed E-state index contributed by atoms with van der Waals surface area (Å²) in [5.41, 5.74) is 0.101. The van der Waals surface area contributed by atoms with Crippen LogP contribution in [0.3, 0.4) is 0 Å². The average Bonchev–Trinajstić information content (AvgIpc) is 2.88. The van der Waals surface area contributed by atoms with Crippen molar-refractivity contribution in [2.75, 3.05) is 5.32 Å². The van der Waals surface area contributed by atoms with Crippen LogP contribution in [0.5, 0.6) is 0 Å². The van der Waals surface area contributed by atoms with Gasteiger partial charge in [-0.25, -0.2) is 18.4 Å². The highest BCUT2D eigenvalue weighted by Gasteiger charge is 2.16. The third-order valence-electron chi connectivity index (χ3n) is 2.58. The number of aromatic carboxylic acids is 1. The van der Waals surface area contributed by atoms with Crippen LogP contribution >= 0.6 is 0 Å². The molecule has 7 nitrogen and oxygen atoms in total. The number of primary sulfonamides is 1. The Morgan fingerprint density at radius 3 is 2.65 bits per heavy atom. The van der Waals surface area contributed by atoms with E-state index in [0.717, 1.165) is 6.07 Å². The third kappa shape index (κ3) is 3.16. The van der Waals surface area contributed by atoms with Gasteiger partial charge in [-0.1, -0.05) is 0 Å². The van der Waals surface area contributed by atoms with Gasteiger partial charge in [-0.2, -0.15) is 0 Å². The summed E-state index contributed by atoms with van der Waals surface area (Å²) in [4.78, 5) is 10.9. The van der Waals surface area contributed by atoms with Gasteiger partial charge in [0.1, 0.15) is 5.76 Å². The lowest BCUT2D eigenvalue weighted by molar-refractivity contribution is 0.0697. The zero-order chi connectivity index (χ0) is 14.8. The Morgan fingerprint density at radius 2 is 2.10 bits per heavy atom. The topological polar surface area (TPSA) is 123 Å². The van der Waals surface area contributed by atoms with E-state index in [-0.39, 0.29) is 22.7 Å². The van der Waals surface area contributed by atoms with E-state index in [1.54, 1.807) is 12.1 Å². The molecule has 0 aliphatic carbocycles. The standard InChI is InChI=1S/C12H12N2O5S/c13-20(17,18)9-3-4-11(10(6-9)12(15)16)14-7-8-2-1-5-19-8/h1-6,14H,7H2,(H,15,16)(H2,13,17,18).